The van der Waals surface area contributed by atoms with E-state index in [0.717, 1.165) is 5.56 Å². The first-order valence-corrected chi connectivity index (χ1v) is 8.36. The molecule has 120 valence electrons. The molecule has 1 aromatic heterocycles. The lowest BCUT2D eigenvalue weighted by molar-refractivity contribution is 0.0955. The molecule has 0 atom stereocenters. The van der Waals surface area contributed by atoms with E-state index < -0.39 is 0 Å². The molecule has 1 aromatic carbocycles. The molecule has 4 nitrogen and oxygen atoms in total. The summed E-state index contributed by atoms with van der Waals surface area (Å²) < 4.78 is 2.26. The Labute approximate surface area is 141 Å². The summed E-state index contributed by atoms with van der Waals surface area (Å²) in [5.74, 6) is -0.268. The van der Waals surface area contributed by atoms with Crippen molar-refractivity contribution in [3.63, 3.8) is 0 Å². The summed E-state index contributed by atoms with van der Waals surface area (Å²) in [6.07, 6.45) is 12.3. The number of aromatic nitrogens is 1. The van der Waals surface area contributed by atoms with E-state index >= 15 is 0 Å². The lowest BCUT2D eigenvalue weighted by atomic mass is 9.95. The van der Waals surface area contributed by atoms with Gasteiger partial charge in [0.15, 0.2) is 0 Å². The van der Waals surface area contributed by atoms with E-state index in [0.29, 0.717) is 16.6 Å². The second-order valence-electron chi connectivity index (χ2n) is 5.89. The van der Waals surface area contributed by atoms with Crippen molar-refractivity contribution < 1.29 is 4.79 Å². The number of rotatable bonds is 4. The average molecular weight is 330 g/mol. The molecule has 1 saturated carbocycles. The van der Waals surface area contributed by atoms with Gasteiger partial charge in [-0.25, -0.2) is 5.43 Å². The fraction of sp³-hybridized carbons (Fsp3) is 0.333. The van der Waals surface area contributed by atoms with Gasteiger partial charge in [-0.15, -0.1) is 0 Å². The Balaban J connectivity index is 1.58. The smallest absolute Gasteiger partial charge is 0.271 e. The van der Waals surface area contributed by atoms with Crippen LogP contribution in [0.1, 0.15) is 54.1 Å². The Morgan fingerprint density at radius 3 is 2.87 bits per heavy atom. The van der Waals surface area contributed by atoms with Crippen molar-refractivity contribution in [2.45, 2.75) is 38.1 Å². The molecule has 0 bridgehead atoms. The molecular weight excluding hydrogens is 310 g/mol. The summed E-state index contributed by atoms with van der Waals surface area (Å²) in [4.78, 5) is 12.0. The predicted octanol–water partition coefficient (Wildman–Crippen LogP) is 4.41. The molecule has 1 aliphatic carbocycles. The van der Waals surface area contributed by atoms with Crippen LogP contribution in [0.15, 0.2) is 47.8 Å². The largest absolute Gasteiger partial charge is 0.351 e. The number of nitrogens with one attached hydrogen (secondary N) is 1. The second-order valence-corrected chi connectivity index (χ2v) is 6.33. The molecule has 5 heteroatoms. The van der Waals surface area contributed by atoms with Crippen LogP contribution in [-0.4, -0.2) is 16.7 Å². The third kappa shape index (κ3) is 4.23. The highest BCUT2D eigenvalue weighted by atomic mass is 35.5. The van der Waals surface area contributed by atoms with Crippen molar-refractivity contribution >= 4 is 23.7 Å². The van der Waals surface area contributed by atoms with E-state index in [9.17, 15) is 4.79 Å². The molecule has 1 N–H and O–H groups in total. The van der Waals surface area contributed by atoms with Crippen LogP contribution in [-0.2, 0) is 0 Å². The molecule has 1 fully saturated rings. The maximum absolute atomic E-state index is 12.0. The molecule has 2 aromatic rings. The van der Waals surface area contributed by atoms with E-state index in [1.54, 1.807) is 30.5 Å². The molecule has 0 saturated heterocycles. The summed E-state index contributed by atoms with van der Waals surface area (Å²) in [6.45, 7) is 0. The summed E-state index contributed by atoms with van der Waals surface area (Å²) in [7, 11) is 0. The van der Waals surface area contributed by atoms with Crippen molar-refractivity contribution in [2.75, 3.05) is 0 Å². The van der Waals surface area contributed by atoms with Gasteiger partial charge < -0.3 is 4.57 Å². The van der Waals surface area contributed by atoms with Crippen molar-refractivity contribution in [2.24, 2.45) is 5.10 Å². The molecule has 1 aliphatic rings. The normalized spacial score (nSPS) is 15.9. The Hall–Kier alpha value is -2.07. The minimum absolute atomic E-state index is 0.268. The van der Waals surface area contributed by atoms with Gasteiger partial charge in [0, 0.05) is 34.6 Å². The highest BCUT2D eigenvalue weighted by Crippen LogP contribution is 2.28. The van der Waals surface area contributed by atoms with Gasteiger partial charge in [-0.05, 0) is 37.1 Å². The number of hydrazone groups is 1. The molecule has 23 heavy (non-hydrogen) atoms. The number of carbonyl (C=O) groups is 1. The van der Waals surface area contributed by atoms with Crippen molar-refractivity contribution in [1.29, 1.82) is 0 Å². The second kappa shape index (κ2) is 7.47. The zero-order chi connectivity index (χ0) is 16.1. The summed E-state index contributed by atoms with van der Waals surface area (Å²) >= 11 is 5.87. The summed E-state index contributed by atoms with van der Waals surface area (Å²) in [5, 5.41) is 4.56. The molecule has 1 heterocycles. The van der Waals surface area contributed by atoms with Crippen LogP contribution in [0.2, 0.25) is 5.02 Å². The Morgan fingerprint density at radius 1 is 1.26 bits per heavy atom. The lowest BCUT2D eigenvalue weighted by Crippen LogP contribution is -2.17. The van der Waals surface area contributed by atoms with Gasteiger partial charge in [-0.3, -0.25) is 4.79 Å². The molecular formula is C18H20ClN3O. The fourth-order valence-electron chi connectivity index (χ4n) is 2.97. The number of hydrogen-bond acceptors (Lipinski definition) is 2. The number of benzene rings is 1. The standard InChI is InChI=1S/C18H20ClN3O/c19-16-6-4-5-15(11-16)18(23)21-20-12-14-9-10-22(13-14)17-7-2-1-3-8-17/h4-6,9-13,17H,1-3,7-8H2,(H,21,23)/b20-12-. The third-order valence-corrected chi connectivity index (χ3v) is 4.44. The monoisotopic (exact) mass is 329 g/mol. The first-order chi connectivity index (χ1) is 11.2. The SMILES string of the molecule is O=C(N/N=C\c1ccn(C2CCCCC2)c1)c1cccc(Cl)c1. The average Bonchev–Trinajstić information content (AvgIpc) is 3.04. The molecule has 0 radical (unpaired) electrons. The van der Waals surface area contributed by atoms with Gasteiger partial charge in [0.05, 0.1) is 6.21 Å². The van der Waals surface area contributed by atoms with Crippen LogP contribution >= 0.6 is 11.6 Å². The topological polar surface area (TPSA) is 46.4 Å². The summed E-state index contributed by atoms with van der Waals surface area (Å²) in [5.41, 5.74) is 4.01. The van der Waals surface area contributed by atoms with Gasteiger partial charge in [0.1, 0.15) is 0 Å². The minimum Gasteiger partial charge on any atom is -0.351 e. The number of carbonyl (C=O) groups excluding carboxylic acids is 1. The Bertz CT molecular complexity index is 702. The predicted molar refractivity (Wildman–Crippen MR) is 93.1 cm³/mol. The quantitative estimate of drug-likeness (QED) is 0.655. The zero-order valence-electron chi connectivity index (χ0n) is 12.9. The highest BCUT2D eigenvalue weighted by Gasteiger charge is 2.14. The number of nitrogens with zero attached hydrogens (tertiary/aromatic N) is 2. The number of amides is 1. The minimum atomic E-state index is -0.268. The fourth-order valence-corrected chi connectivity index (χ4v) is 3.16. The van der Waals surface area contributed by atoms with Gasteiger partial charge in [-0.2, -0.15) is 5.10 Å². The van der Waals surface area contributed by atoms with E-state index in [1.807, 2.05) is 6.07 Å². The summed E-state index contributed by atoms with van der Waals surface area (Å²) in [6, 6.07) is 9.42. The molecule has 3 rings (SSSR count). The van der Waals surface area contributed by atoms with Crippen molar-refractivity contribution in [3.8, 4) is 0 Å². The van der Waals surface area contributed by atoms with Crippen LogP contribution in [0.5, 0.6) is 0 Å². The van der Waals surface area contributed by atoms with Crippen LogP contribution in [0.3, 0.4) is 0 Å². The van der Waals surface area contributed by atoms with Crippen molar-refractivity contribution in [1.82, 2.24) is 9.99 Å². The Morgan fingerprint density at radius 2 is 2.09 bits per heavy atom. The van der Waals surface area contributed by atoms with Gasteiger partial charge in [0.2, 0.25) is 0 Å². The van der Waals surface area contributed by atoms with E-state index in [-0.39, 0.29) is 5.91 Å². The maximum atomic E-state index is 12.0. The molecule has 0 unspecified atom stereocenters. The molecule has 1 amide bonds. The van der Waals surface area contributed by atoms with E-state index in [1.165, 1.54) is 32.1 Å². The first kappa shape index (κ1) is 15.8. The van der Waals surface area contributed by atoms with Crippen LogP contribution in [0, 0.1) is 0 Å². The number of hydrogen-bond donors (Lipinski definition) is 1. The van der Waals surface area contributed by atoms with Gasteiger partial charge in [0.25, 0.3) is 5.91 Å². The highest BCUT2D eigenvalue weighted by molar-refractivity contribution is 6.30. The van der Waals surface area contributed by atoms with E-state index in [4.69, 9.17) is 11.6 Å². The Kier molecular flexibility index (Phi) is 5.13. The van der Waals surface area contributed by atoms with Gasteiger partial charge in [-0.1, -0.05) is 36.9 Å². The van der Waals surface area contributed by atoms with Crippen LogP contribution in [0.4, 0.5) is 0 Å². The maximum Gasteiger partial charge on any atom is 0.271 e. The zero-order valence-corrected chi connectivity index (χ0v) is 13.7. The molecule has 0 aliphatic heterocycles. The number of halogens is 1. The third-order valence-electron chi connectivity index (χ3n) is 4.20. The van der Waals surface area contributed by atoms with Crippen molar-refractivity contribution in [3.05, 3.63) is 58.9 Å². The lowest BCUT2D eigenvalue weighted by Gasteiger charge is -2.23. The first-order valence-electron chi connectivity index (χ1n) is 7.99. The van der Waals surface area contributed by atoms with Gasteiger partial charge >= 0.3 is 0 Å². The van der Waals surface area contributed by atoms with Crippen LogP contribution in [0.25, 0.3) is 0 Å². The molecule has 0 spiro atoms. The van der Waals surface area contributed by atoms with E-state index in [2.05, 4.69) is 27.5 Å². The van der Waals surface area contributed by atoms with Crippen LogP contribution < -0.4 is 5.43 Å².